The molecule has 0 bridgehead atoms. The van der Waals surface area contributed by atoms with Crippen molar-refractivity contribution in [2.24, 2.45) is 17.8 Å². The van der Waals surface area contributed by atoms with Crippen LogP contribution in [0, 0.1) is 24.2 Å². The molecule has 0 heterocycles. The van der Waals surface area contributed by atoms with Gasteiger partial charge in [0.1, 0.15) is 0 Å². The summed E-state index contributed by atoms with van der Waals surface area (Å²) in [6.07, 6.45) is 19.6. The minimum absolute atomic E-state index is 0. The van der Waals surface area contributed by atoms with E-state index in [0.29, 0.717) is 17.8 Å². The van der Waals surface area contributed by atoms with E-state index in [1.807, 2.05) is 0 Å². The zero-order chi connectivity index (χ0) is 18.1. The average molecular weight is 599 g/mol. The maximum absolute atomic E-state index is 2.56. The monoisotopic (exact) mass is 595 g/mol. The van der Waals surface area contributed by atoms with E-state index in [2.05, 4.69) is 110 Å². The van der Waals surface area contributed by atoms with Crippen LogP contribution in [-0.2, 0) is 26.2 Å². The molecule has 1 radical (unpaired) electrons. The normalized spacial score (nSPS) is 23.0. The first kappa shape index (κ1) is 25.2. The van der Waals surface area contributed by atoms with Gasteiger partial charge in [-0.2, -0.15) is 0 Å². The molecule has 30 heavy (non-hydrogen) atoms. The molecule has 0 nitrogen and oxygen atoms in total. The number of allylic oxidation sites excluding steroid dienone is 9. The van der Waals surface area contributed by atoms with Crippen molar-refractivity contribution < 1.29 is 60.2 Å². The summed E-state index contributed by atoms with van der Waals surface area (Å²) in [5.74, 6) is 1.33. The summed E-state index contributed by atoms with van der Waals surface area (Å²) in [6.45, 7) is 0. The fraction of sp³-hybridized carbons (Fsp3) is 0.148. The van der Waals surface area contributed by atoms with Crippen molar-refractivity contribution in [1.29, 1.82) is 0 Å². The van der Waals surface area contributed by atoms with Crippen molar-refractivity contribution in [2.45, 2.75) is 6.42 Å². The molecule has 3 atom stereocenters. The van der Waals surface area contributed by atoms with Gasteiger partial charge in [-0.1, -0.05) is 108 Å². The molecule has 5 rings (SSSR count). The van der Waals surface area contributed by atoms with E-state index in [-0.39, 0.29) is 60.2 Å². The molecule has 0 amide bonds. The zero-order valence-corrected chi connectivity index (χ0v) is 22.2. The fourth-order valence-electron chi connectivity index (χ4n) is 4.70. The number of rotatable bonds is 3. The third kappa shape index (κ3) is 4.90. The van der Waals surface area contributed by atoms with Crippen LogP contribution < -0.4 is 34.0 Å². The molecule has 0 spiro atoms. The van der Waals surface area contributed by atoms with Gasteiger partial charge >= 0.3 is 26.2 Å². The Morgan fingerprint density at radius 2 is 1.37 bits per heavy atom. The van der Waals surface area contributed by atoms with Gasteiger partial charge in [0.05, 0.1) is 0 Å². The summed E-state index contributed by atoms with van der Waals surface area (Å²) >= 11 is 0. The summed E-state index contributed by atoms with van der Waals surface area (Å²) in [6, 6.07) is 21.8. The first-order valence-corrected chi connectivity index (χ1v) is 9.82. The number of hydrogen-bond acceptors (Lipinski definition) is 0. The minimum Gasteiger partial charge on any atom is -1.00 e. The summed E-state index contributed by atoms with van der Waals surface area (Å²) in [7, 11) is 0. The smallest absolute Gasteiger partial charge is 1.00 e. The van der Waals surface area contributed by atoms with Crippen molar-refractivity contribution in [3.63, 3.8) is 0 Å². The Balaban J connectivity index is 0.00000107. The van der Waals surface area contributed by atoms with Gasteiger partial charge < -0.3 is 40.4 Å². The summed E-state index contributed by atoms with van der Waals surface area (Å²) in [4.78, 5) is 0. The number of hydrogen-bond donors (Lipinski definition) is 0. The van der Waals surface area contributed by atoms with Crippen LogP contribution in [0.5, 0.6) is 0 Å². The fourth-order valence-corrected chi connectivity index (χ4v) is 4.70. The van der Waals surface area contributed by atoms with Crippen LogP contribution in [-0.4, -0.2) is 0 Å². The van der Waals surface area contributed by atoms with Gasteiger partial charge in [-0.15, -0.1) is 17.9 Å². The number of benzene rings is 2. The Kier molecular flexibility index (Phi) is 9.73. The van der Waals surface area contributed by atoms with Crippen LogP contribution in [0.3, 0.4) is 0 Å². The topological polar surface area (TPSA) is 0 Å². The van der Waals surface area contributed by atoms with Gasteiger partial charge in [0, 0.05) is 0 Å². The van der Waals surface area contributed by atoms with Gasteiger partial charge in [-0.25, -0.2) is 0 Å². The summed E-state index contributed by atoms with van der Waals surface area (Å²) in [5, 5.41) is 0. The standard InChI is InChI=1S/C27H23.2BrH.Zr/c1-3-13-21(14-4-1)26(22-15-5-2-6-16-22)27-24-18-10-9-17-23(24)19-25(27)20-11-7-8-12-20;;;/h1-11,13-19,23-25H,12H2;2*1H;/q-1;;;+3/p-2. The molecule has 3 unspecified atom stereocenters. The van der Waals surface area contributed by atoms with Gasteiger partial charge in [-0.05, 0) is 29.0 Å². The molecule has 2 aromatic rings. The second-order valence-electron chi connectivity index (χ2n) is 7.48. The third-order valence-corrected chi connectivity index (χ3v) is 5.90. The van der Waals surface area contributed by atoms with Crippen LogP contribution in [0.2, 0.25) is 0 Å². The predicted octanol–water partition coefficient (Wildman–Crippen LogP) is 0.573. The molecule has 1 saturated carbocycles. The molecule has 3 aliphatic carbocycles. The van der Waals surface area contributed by atoms with E-state index >= 15 is 0 Å². The Bertz CT molecular complexity index is 943. The first-order chi connectivity index (χ1) is 13.4. The van der Waals surface area contributed by atoms with Gasteiger partial charge in [0.25, 0.3) is 0 Å². The molecule has 3 aliphatic rings. The second kappa shape index (κ2) is 11.6. The molecule has 0 aromatic heterocycles. The van der Waals surface area contributed by atoms with E-state index in [0.717, 1.165) is 6.42 Å². The maximum Gasteiger partial charge on any atom is 3.00 e. The van der Waals surface area contributed by atoms with Crippen molar-refractivity contribution in [3.05, 3.63) is 132 Å². The molecule has 0 aliphatic heterocycles. The molecular formula is C27H23Br2Zr. The quantitative estimate of drug-likeness (QED) is 0.454. The SMILES string of the molecule is C1=CCC(C2[CH-]C3C=CC=CC3C2=C(c2ccccc2)c2ccccc2)=C1.[Br-].[Br-].[Zr+3]. The van der Waals surface area contributed by atoms with Crippen LogP contribution in [0.15, 0.2) is 114 Å². The molecule has 3 heteroatoms. The van der Waals surface area contributed by atoms with E-state index < -0.39 is 0 Å². The Morgan fingerprint density at radius 1 is 0.767 bits per heavy atom. The summed E-state index contributed by atoms with van der Waals surface area (Å²) in [5.41, 5.74) is 7.09. The molecule has 149 valence electrons. The second-order valence-corrected chi connectivity index (χ2v) is 7.48. The van der Waals surface area contributed by atoms with Crippen molar-refractivity contribution in [1.82, 2.24) is 0 Å². The molecule has 0 N–H and O–H groups in total. The van der Waals surface area contributed by atoms with Gasteiger partial charge in [-0.3, -0.25) is 0 Å². The first-order valence-electron chi connectivity index (χ1n) is 9.82. The number of halogens is 2. The van der Waals surface area contributed by atoms with E-state index in [9.17, 15) is 0 Å². The summed E-state index contributed by atoms with van der Waals surface area (Å²) < 4.78 is 0. The van der Waals surface area contributed by atoms with Gasteiger partial charge in [0.15, 0.2) is 0 Å². The molecule has 2 aromatic carbocycles. The molecule has 0 saturated heterocycles. The molecular weight excluding hydrogens is 575 g/mol. The predicted molar refractivity (Wildman–Crippen MR) is 114 cm³/mol. The van der Waals surface area contributed by atoms with E-state index in [4.69, 9.17) is 0 Å². The average Bonchev–Trinajstić information content (AvgIpc) is 3.38. The third-order valence-electron chi connectivity index (χ3n) is 5.90. The zero-order valence-electron chi connectivity index (χ0n) is 16.6. The van der Waals surface area contributed by atoms with Crippen LogP contribution in [0.25, 0.3) is 5.57 Å². The van der Waals surface area contributed by atoms with Crippen molar-refractivity contribution >= 4 is 5.57 Å². The van der Waals surface area contributed by atoms with Crippen LogP contribution in [0.1, 0.15) is 17.5 Å². The number of fused-ring (bicyclic) bond motifs is 1. The van der Waals surface area contributed by atoms with Crippen LogP contribution >= 0.6 is 0 Å². The van der Waals surface area contributed by atoms with E-state index in [1.54, 1.807) is 5.57 Å². The van der Waals surface area contributed by atoms with Crippen LogP contribution in [0.4, 0.5) is 0 Å². The Morgan fingerprint density at radius 3 is 1.93 bits per heavy atom. The minimum atomic E-state index is 0. The van der Waals surface area contributed by atoms with Crippen molar-refractivity contribution in [3.8, 4) is 0 Å². The Labute approximate surface area is 220 Å². The van der Waals surface area contributed by atoms with Crippen molar-refractivity contribution in [2.75, 3.05) is 0 Å². The largest absolute Gasteiger partial charge is 3.00 e. The maximum atomic E-state index is 2.56. The molecule has 1 fully saturated rings. The Hall–Kier alpha value is -1.02. The van der Waals surface area contributed by atoms with E-state index in [1.165, 1.54) is 22.3 Å². The van der Waals surface area contributed by atoms with Gasteiger partial charge in [0.2, 0.25) is 0 Å².